The van der Waals surface area contributed by atoms with Crippen LogP contribution in [0, 0.1) is 0 Å². The van der Waals surface area contributed by atoms with E-state index >= 15 is 0 Å². The Morgan fingerprint density at radius 2 is 2.10 bits per heavy atom. The largest absolute Gasteiger partial charge is 0.301 e. The number of hydrogen-bond acceptors (Lipinski definition) is 1. The van der Waals surface area contributed by atoms with E-state index < -0.39 is 0 Å². The van der Waals surface area contributed by atoms with Crippen molar-refractivity contribution in [1.82, 2.24) is 5.73 Å². The lowest BCUT2D eigenvalue weighted by molar-refractivity contribution is 1.51. The van der Waals surface area contributed by atoms with E-state index in [-0.39, 0.29) is 0 Å². The highest BCUT2D eigenvalue weighted by Gasteiger charge is 1.92. The zero-order valence-electron chi connectivity index (χ0n) is 5.29. The molecule has 0 saturated carbocycles. The van der Waals surface area contributed by atoms with E-state index in [1.54, 1.807) is 11.3 Å². The van der Waals surface area contributed by atoms with Crippen molar-refractivity contribution >= 4 is 27.1 Å². The summed E-state index contributed by atoms with van der Waals surface area (Å²) in [7, 11) is 0. The predicted molar refractivity (Wildman–Crippen MR) is 44.6 cm³/mol. The molecular formula is C8H6NS. The standard InChI is InChI=1S/C8H6NS/c9-7-1-2-8-6(5-7)3-4-10-8/h1-5,9H. The summed E-state index contributed by atoms with van der Waals surface area (Å²) in [5, 5.41) is 3.22. The average Bonchev–Trinajstić information content (AvgIpc) is 2.33. The van der Waals surface area contributed by atoms with Gasteiger partial charge in [-0.05, 0) is 35.0 Å². The first-order valence-corrected chi connectivity index (χ1v) is 3.93. The van der Waals surface area contributed by atoms with Crippen LogP contribution < -0.4 is 5.73 Å². The van der Waals surface area contributed by atoms with Crippen LogP contribution >= 0.6 is 11.3 Å². The normalized spacial score (nSPS) is 10.4. The SMILES string of the molecule is [NH]c1ccc2sccc2c1. The molecule has 2 aromatic rings. The molecule has 0 atom stereocenters. The van der Waals surface area contributed by atoms with E-state index in [0.717, 1.165) is 0 Å². The molecule has 0 saturated heterocycles. The van der Waals surface area contributed by atoms with Crippen LogP contribution in [0.2, 0.25) is 0 Å². The first-order chi connectivity index (χ1) is 4.86. The van der Waals surface area contributed by atoms with E-state index in [9.17, 15) is 0 Å². The number of benzene rings is 1. The van der Waals surface area contributed by atoms with Crippen LogP contribution in [0.5, 0.6) is 0 Å². The van der Waals surface area contributed by atoms with E-state index in [0.29, 0.717) is 5.69 Å². The van der Waals surface area contributed by atoms with E-state index in [4.69, 9.17) is 5.73 Å². The van der Waals surface area contributed by atoms with Crippen molar-refractivity contribution < 1.29 is 0 Å². The number of hydrogen-bond donors (Lipinski definition) is 0. The van der Waals surface area contributed by atoms with Gasteiger partial charge in [-0.2, -0.15) is 0 Å². The Labute approximate surface area is 63.1 Å². The first-order valence-electron chi connectivity index (χ1n) is 3.05. The van der Waals surface area contributed by atoms with E-state index in [1.165, 1.54) is 10.1 Å². The maximum absolute atomic E-state index is 7.32. The van der Waals surface area contributed by atoms with Crippen molar-refractivity contribution in [3.63, 3.8) is 0 Å². The Bertz CT molecular complexity index is 351. The van der Waals surface area contributed by atoms with E-state index in [2.05, 4.69) is 0 Å². The molecule has 1 aromatic carbocycles. The fourth-order valence-electron chi connectivity index (χ4n) is 0.967. The molecule has 1 radical (unpaired) electrons. The summed E-state index contributed by atoms with van der Waals surface area (Å²) < 4.78 is 1.26. The zero-order valence-corrected chi connectivity index (χ0v) is 6.11. The molecule has 1 N–H and O–H groups in total. The van der Waals surface area contributed by atoms with Crippen molar-refractivity contribution in [1.29, 1.82) is 0 Å². The van der Waals surface area contributed by atoms with Crippen molar-refractivity contribution in [2.75, 3.05) is 0 Å². The van der Waals surface area contributed by atoms with Gasteiger partial charge in [0.05, 0.1) is 5.69 Å². The minimum atomic E-state index is 0.589. The molecule has 1 aromatic heterocycles. The lowest BCUT2D eigenvalue weighted by atomic mass is 10.2. The quantitative estimate of drug-likeness (QED) is 0.548. The van der Waals surface area contributed by atoms with Crippen molar-refractivity contribution in [2.24, 2.45) is 0 Å². The Hall–Kier alpha value is -1.02. The second kappa shape index (κ2) is 1.99. The molecule has 0 amide bonds. The molecule has 1 nitrogen and oxygen atoms in total. The number of rotatable bonds is 0. The molecule has 0 aliphatic heterocycles. The molecule has 0 unspecified atom stereocenters. The number of fused-ring (bicyclic) bond motifs is 1. The second-order valence-corrected chi connectivity index (χ2v) is 3.12. The third-order valence-corrected chi connectivity index (χ3v) is 2.35. The fourth-order valence-corrected chi connectivity index (χ4v) is 1.74. The van der Waals surface area contributed by atoms with Gasteiger partial charge >= 0.3 is 0 Å². The highest BCUT2D eigenvalue weighted by molar-refractivity contribution is 7.17. The summed E-state index contributed by atoms with van der Waals surface area (Å²) >= 11 is 1.71. The van der Waals surface area contributed by atoms with Crippen LogP contribution in [0.3, 0.4) is 0 Å². The smallest absolute Gasteiger partial charge is 0.0546 e. The summed E-state index contributed by atoms with van der Waals surface area (Å²) in [5.41, 5.74) is 7.91. The van der Waals surface area contributed by atoms with Crippen LogP contribution in [0.15, 0.2) is 29.6 Å². The molecule has 10 heavy (non-hydrogen) atoms. The van der Waals surface area contributed by atoms with Gasteiger partial charge in [-0.1, -0.05) is 0 Å². The highest BCUT2D eigenvalue weighted by Crippen LogP contribution is 2.22. The molecule has 0 fully saturated rings. The molecule has 49 valence electrons. The Kier molecular flexibility index (Phi) is 1.14. The summed E-state index contributed by atoms with van der Waals surface area (Å²) in [4.78, 5) is 0. The molecule has 0 aliphatic carbocycles. The lowest BCUT2D eigenvalue weighted by Crippen LogP contribution is -1.65. The molecule has 2 rings (SSSR count). The van der Waals surface area contributed by atoms with Crippen molar-refractivity contribution in [2.45, 2.75) is 0 Å². The summed E-state index contributed by atoms with van der Waals surface area (Å²) in [6, 6.07) is 7.73. The average molecular weight is 148 g/mol. The highest BCUT2D eigenvalue weighted by atomic mass is 32.1. The van der Waals surface area contributed by atoms with Crippen molar-refractivity contribution in [3.8, 4) is 0 Å². The van der Waals surface area contributed by atoms with Crippen LogP contribution in [-0.2, 0) is 0 Å². The molecule has 0 aliphatic rings. The minimum Gasteiger partial charge on any atom is -0.301 e. The molecule has 1 heterocycles. The third kappa shape index (κ3) is 0.772. The molecule has 0 spiro atoms. The maximum atomic E-state index is 7.32. The maximum Gasteiger partial charge on any atom is 0.0546 e. The lowest BCUT2D eigenvalue weighted by Gasteiger charge is -1.89. The fraction of sp³-hybridized carbons (Fsp3) is 0. The number of nitrogens with one attached hydrogen (secondary N) is 1. The monoisotopic (exact) mass is 148 g/mol. The first kappa shape index (κ1) is 5.74. The van der Waals surface area contributed by atoms with Gasteiger partial charge in [0.25, 0.3) is 0 Å². The van der Waals surface area contributed by atoms with E-state index in [1.807, 2.05) is 29.6 Å². The van der Waals surface area contributed by atoms with Gasteiger partial charge in [-0.15, -0.1) is 11.3 Å². The second-order valence-electron chi connectivity index (χ2n) is 2.17. The van der Waals surface area contributed by atoms with Crippen LogP contribution in [-0.4, -0.2) is 0 Å². The van der Waals surface area contributed by atoms with Crippen LogP contribution in [0.25, 0.3) is 10.1 Å². The van der Waals surface area contributed by atoms with Gasteiger partial charge < -0.3 is 5.73 Å². The van der Waals surface area contributed by atoms with Gasteiger partial charge in [0, 0.05) is 4.70 Å². The van der Waals surface area contributed by atoms with Crippen molar-refractivity contribution in [3.05, 3.63) is 29.6 Å². The Morgan fingerprint density at radius 1 is 1.20 bits per heavy atom. The van der Waals surface area contributed by atoms with Gasteiger partial charge in [-0.3, -0.25) is 0 Å². The van der Waals surface area contributed by atoms with Gasteiger partial charge in [-0.25, -0.2) is 0 Å². The summed E-state index contributed by atoms with van der Waals surface area (Å²) in [6.45, 7) is 0. The zero-order chi connectivity index (χ0) is 6.97. The minimum absolute atomic E-state index is 0.589. The molecular weight excluding hydrogens is 142 g/mol. The Balaban J connectivity index is 2.86. The Morgan fingerprint density at radius 3 is 3.00 bits per heavy atom. The molecule has 2 heteroatoms. The topological polar surface area (TPSA) is 23.8 Å². The van der Waals surface area contributed by atoms with Gasteiger partial charge in [0.15, 0.2) is 0 Å². The van der Waals surface area contributed by atoms with Crippen LogP contribution in [0.1, 0.15) is 0 Å². The third-order valence-electron chi connectivity index (χ3n) is 1.45. The summed E-state index contributed by atoms with van der Waals surface area (Å²) in [6.07, 6.45) is 0. The van der Waals surface area contributed by atoms with Gasteiger partial charge in [0.2, 0.25) is 0 Å². The number of thiophene rings is 1. The predicted octanol–water partition coefficient (Wildman–Crippen LogP) is 2.82. The molecule has 0 bridgehead atoms. The van der Waals surface area contributed by atoms with Crippen LogP contribution in [0.4, 0.5) is 5.69 Å². The summed E-state index contributed by atoms with van der Waals surface area (Å²) in [5.74, 6) is 0. The van der Waals surface area contributed by atoms with Gasteiger partial charge in [0.1, 0.15) is 0 Å².